The number of amides is 2. The standard InChI is InChI=1S/C16H21N3O3/c1-10-5-4-6-11(2)15(10)22-9-14(20)17-8-7-13-12(3)18-19-16(13)21/h4-6,13H,7-9H2,1-3H3,(H,17,20)(H,19,21). The molecule has 1 aromatic rings. The summed E-state index contributed by atoms with van der Waals surface area (Å²) in [7, 11) is 0. The monoisotopic (exact) mass is 303 g/mol. The molecule has 1 atom stereocenters. The number of ether oxygens (including phenoxy) is 1. The van der Waals surface area contributed by atoms with Crippen LogP contribution in [-0.4, -0.2) is 30.7 Å². The van der Waals surface area contributed by atoms with Crippen LogP contribution in [0.15, 0.2) is 23.3 Å². The van der Waals surface area contributed by atoms with Crippen LogP contribution in [0.5, 0.6) is 5.75 Å². The van der Waals surface area contributed by atoms with E-state index in [4.69, 9.17) is 4.74 Å². The number of hydrazone groups is 1. The van der Waals surface area contributed by atoms with Crippen LogP contribution in [0.1, 0.15) is 24.5 Å². The Labute approximate surface area is 129 Å². The molecule has 0 saturated carbocycles. The molecule has 6 nitrogen and oxygen atoms in total. The molecule has 1 aliphatic rings. The topological polar surface area (TPSA) is 79.8 Å². The number of rotatable bonds is 6. The molecule has 2 N–H and O–H groups in total. The summed E-state index contributed by atoms with van der Waals surface area (Å²) in [6, 6.07) is 5.84. The summed E-state index contributed by atoms with van der Waals surface area (Å²) < 4.78 is 5.58. The number of hydrogen-bond acceptors (Lipinski definition) is 4. The number of para-hydroxylation sites is 1. The van der Waals surface area contributed by atoms with Gasteiger partial charge in [-0.15, -0.1) is 0 Å². The Morgan fingerprint density at radius 3 is 2.59 bits per heavy atom. The van der Waals surface area contributed by atoms with Crippen LogP contribution in [-0.2, 0) is 9.59 Å². The lowest BCUT2D eigenvalue weighted by molar-refractivity contribution is -0.124. The zero-order valence-electron chi connectivity index (χ0n) is 13.1. The molecule has 1 heterocycles. The molecule has 6 heteroatoms. The normalized spacial score (nSPS) is 17.0. The zero-order chi connectivity index (χ0) is 16.1. The highest BCUT2D eigenvalue weighted by Gasteiger charge is 2.26. The van der Waals surface area contributed by atoms with Crippen LogP contribution in [0.2, 0.25) is 0 Å². The van der Waals surface area contributed by atoms with Crippen LogP contribution in [0.3, 0.4) is 0 Å². The van der Waals surface area contributed by atoms with E-state index in [2.05, 4.69) is 15.8 Å². The van der Waals surface area contributed by atoms with Crippen LogP contribution in [0.25, 0.3) is 0 Å². The molecule has 118 valence electrons. The average Bonchev–Trinajstić information content (AvgIpc) is 2.78. The Morgan fingerprint density at radius 1 is 1.32 bits per heavy atom. The molecule has 1 aliphatic heterocycles. The molecule has 0 radical (unpaired) electrons. The van der Waals surface area contributed by atoms with Crippen LogP contribution >= 0.6 is 0 Å². The molecule has 0 aromatic heterocycles. The lowest BCUT2D eigenvalue weighted by atomic mass is 10.0. The molecule has 2 amide bonds. The van der Waals surface area contributed by atoms with Gasteiger partial charge < -0.3 is 10.1 Å². The number of aryl methyl sites for hydroxylation is 2. The Kier molecular flexibility index (Phi) is 5.14. The Bertz CT molecular complexity index is 590. The molecular formula is C16H21N3O3. The first-order chi connectivity index (χ1) is 10.5. The number of carbonyl (C=O) groups excluding carboxylic acids is 2. The maximum absolute atomic E-state index is 11.8. The third kappa shape index (κ3) is 3.84. The van der Waals surface area contributed by atoms with Crippen LogP contribution < -0.4 is 15.5 Å². The third-order valence-corrected chi connectivity index (χ3v) is 3.67. The summed E-state index contributed by atoms with van der Waals surface area (Å²) in [5.41, 5.74) is 5.19. The van der Waals surface area contributed by atoms with E-state index in [9.17, 15) is 9.59 Å². The van der Waals surface area contributed by atoms with E-state index in [-0.39, 0.29) is 24.3 Å². The SMILES string of the molecule is CC1=NNC(=O)C1CCNC(=O)COc1c(C)cccc1C. The maximum Gasteiger partial charge on any atom is 0.257 e. The second-order valence-electron chi connectivity index (χ2n) is 5.43. The fourth-order valence-corrected chi connectivity index (χ4v) is 2.40. The van der Waals surface area contributed by atoms with Gasteiger partial charge in [0.2, 0.25) is 5.91 Å². The Morgan fingerprint density at radius 2 is 2.00 bits per heavy atom. The van der Waals surface area contributed by atoms with Gasteiger partial charge in [0.05, 0.1) is 5.92 Å². The van der Waals surface area contributed by atoms with Crippen molar-refractivity contribution in [1.82, 2.24) is 10.7 Å². The van der Waals surface area contributed by atoms with E-state index in [1.165, 1.54) is 0 Å². The summed E-state index contributed by atoms with van der Waals surface area (Å²) in [6.45, 7) is 6.08. The average molecular weight is 303 g/mol. The van der Waals surface area contributed by atoms with Crippen LogP contribution in [0, 0.1) is 19.8 Å². The summed E-state index contributed by atoms with van der Waals surface area (Å²) in [6.07, 6.45) is 0.538. The number of benzene rings is 1. The quantitative estimate of drug-likeness (QED) is 0.831. The fourth-order valence-electron chi connectivity index (χ4n) is 2.40. The minimum absolute atomic E-state index is 0.0321. The van der Waals surface area contributed by atoms with Gasteiger partial charge in [0.25, 0.3) is 5.91 Å². The van der Waals surface area contributed by atoms with Gasteiger partial charge in [0.15, 0.2) is 6.61 Å². The van der Waals surface area contributed by atoms with Gasteiger partial charge in [-0.3, -0.25) is 9.59 Å². The minimum Gasteiger partial charge on any atom is -0.483 e. The van der Waals surface area contributed by atoms with Crippen molar-refractivity contribution in [2.75, 3.05) is 13.2 Å². The number of nitrogens with one attached hydrogen (secondary N) is 2. The highest BCUT2D eigenvalue weighted by atomic mass is 16.5. The van der Waals surface area contributed by atoms with Crippen molar-refractivity contribution >= 4 is 17.5 Å². The highest BCUT2D eigenvalue weighted by Crippen LogP contribution is 2.22. The van der Waals surface area contributed by atoms with E-state index >= 15 is 0 Å². The molecule has 0 spiro atoms. The zero-order valence-corrected chi connectivity index (χ0v) is 13.1. The van der Waals surface area contributed by atoms with Crippen molar-refractivity contribution in [2.45, 2.75) is 27.2 Å². The van der Waals surface area contributed by atoms with Gasteiger partial charge in [-0.25, -0.2) is 5.43 Å². The van der Waals surface area contributed by atoms with Gasteiger partial charge in [-0.2, -0.15) is 5.10 Å². The Hall–Kier alpha value is -2.37. The summed E-state index contributed by atoms with van der Waals surface area (Å²) in [4.78, 5) is 23.3. The molecule has 0 saturated heterocycles. The first kappa shape index (κ1) is 16.0. The van der Waals surface area contributed by atoms with Crippen molar-refractivity contribution < 1.29 is 14.3 Å². The lowest BCUT2D eigenvalue weighted by Crippen LogP contribution is -2.33. The van der Waals surface area contributed by atoms with Crippen molar-refractivity contribution in [2.24, 2.45) is 11.0 Å². The van der Waals surface area contributed by atoms with E-state index in [1.54, 1.807) is 6.92 Å². The van der Waals surface area contributed by atoms with Gasteiger partial charge >= 0.3 is 0 Å². The van der Waals surface area contributed by atoms with E-state index in [0.29, 0.717) is 13.0 Å². The first-order valence-corrected chi connectivity index (χ1v) is 7.28. The number of nitrogens with zero attached hydrogens (tertiary/aromatic N) is 1. The Balaban J connectivity index is 1.75. The predicted molar refractivity (Wildman–Crippen MR) is 83.8 cm³/mol. The van der Waals surface area contributed by atoms with Crippen molar-refractivity contribution in [3.63, 3.8) is 0 Å². The molecule has 0 aliphatic carbocycles. The van der Waals surface area contributed by atoms with Gasteiger partial charge in [-0.05, 0) is 38.3 Å². The van der Waals surface area contributed by atoms with Gasteiger partial charge in [0.1, 0.15) is 5.75 Å². The van der Waals surface area contributed by atoms with Crippen molar-refractivity contribution in [1.29, 1.82) is 0 Å². The van der Waals surface area contributed by atoms with Crippen molar-refractivity contribution in [3.05, 3.63) is 29.3 Å². The fraction of sp³-hybridized carbons (Fsp3) is 0.438. The van der Waals surface area contributed by atoms with E-state index in [0.717, 1.165) is 22.6 Å². The predicted octanol–water partition coefficient (Wildman–Crippen LogP) is 1.31. The molecule has 1 aromatic carbocycles. The molecule has 1 unspecified atom stereocenters. The minimum atomic E-state index is -0.250. The smallest absolute Gasteiger partial charge is 0.257 e. The molecule has 2 rings (SSSR count). The molecule has 22 heavy (non-hydrogen) atoms. The molecular weight excluding hydrogens is 282 g/mol. The molecule has 0 fully saturated rings. The number of carbonyl (C=O) groups is 2. The van der Waals surface area contributed by atoms with Gasteiger partial charge in [-0.1, -0.05) is 18.2 Å². The lowest BCUT2D eigenvalue weighted by Gasteiger charge is -2.12. The summed E-state index contributed by atoms with van der Waals surface area (Å²) >= 11 is 0. The van der Waals surface area contributed by atoms with E-state index in [1.807, 2.05) is 32.0 Å². The molecule has 0 bridgehead atoms. The summed E-state index contributed by atoms with van der Waals surface area (Å²) in [5, 5.41) is 6.63. The largest absolute Gasteiger partial charge is 0.483 e. The third-order valence-electron chi connectivity index (χ3n) is 3.67. The highest BCUT2D eigenvalue weighted by molar-refractivity contribution is 6.06. The second-order valence-corrected chi connectivity index (χ2v) is 5.43. The van der Waals surface area contributed by atoms with Crippen LogP contribution in [0.4, 0.5) is 0 Å². The maximum atomic E-state index is 11.8. The summed E-state index contributed by atoms with van der Waals surface area (Å²) in [5.74, 6) is 0.185. The number of hydrogen-bond donors (Lipinski definition) is 2. The second kappa shape index (κ2) is 7.06. The van der Waals surface area contributed by atoms with E-state index < -0.39 is 0 Å². The van der Waals surface area contributed by atoms with Gasteiger partial charge in [0, 0.05) is 12.3 Å². The van der Waals surface area contributed by atoms with Crippen molar-refractivity contribution in [3.8, 4) is 5.75 Å². The first-order valence-electron chi connectivity index (χ1n) is 7.28.